The second-order valence-electron chi connectivity index (χ2n) is 8.00. The monoisotopic (exact) mass is 424 g/mol. The number of nitrogens with one attached hydrogen (secondary N) is 1. The highest BCUT2D eigenvalue weighted by Crippen LogP contribution is 2.25. The van der Waals surface area contributed by atoms with Crippen molar-refractivity contribution in [1.29, 1.82) is 0 Å². The van der Waals surface area contributed by atoms with Crippen molar-refractivity contribution in [3.05, 3.63) is 71.7 Å². The number of methoxy groups -OCH3 is 1. The van der Waals surface area contributed by atoms with Crippen molar-refractivity contribution in [3.8, 4) is 17.0 Å². The Kier molecular flexibility index (Phi) is 6.96. The molecule has 7 heteroatoms. The average molecular weight is 425 g/mol. The van der Waals surface area contributed by atoms with Crippen molar-refractivity contribution in [2.24, 2.45) is 0 Å². The molecule has 6 nitrogen and oxygen atoms in total. The van der Waals surface area contributed by atoms with Crippen molar-refractivity contribution in [1.82, 2.24) is 20.0 Å². The number of hydrogen-bond donors (Lipinski definition) is 2. The van der Waals surface area contributed by atoms with Gasteiger partial charge in [0, 0.05) is 56.5 Å². The van der Waals surface area contributed by atoms with E-state index in [0.29, 0.717) is 0 Å². The Morgan fingerprint density at radius 3 is 2.84 bits per heavy atom. The number of piperazine rings is 1. The number of aliphatic hydroxyl groups is 1. The highest BCUT2D eigenvalue weighted by molar-refractivity contribution is 5.62. The number of nitrogens with zero attached hydrogens (tertiary/aromatic N) is 3. The molecule has 164 valence electrons. The van der Waals surface area contributed by atoms with Gasteiger partial charge in [0.2, 0.25) is 0 Å². The van der Waals surface area contributed by atoms with Crippen molar-refractivity contribution < 1.29 is 14.2 Å². The number of rotatable bonds is 8. The van der Waals surface area contributed by atoms with E-state index >= 15 is 0 Å². The second kappa shape index (κ2) is 10.0. The summed E-state index contributed by atoms with van der Waals surface area (Å²) in [6, 6.07) is 15.0. The fourth-order valence-electron chi connectivity index (χ4n) is 4.30. The molecule has 1 aromatic heterocycles. The maximum atomic E-state index is 13.7. The first-order chi connectivity index (χ1) is 15.2. The Morgan fingerprint density at radius 1 is 1.16 bits per heavy atom. The smallest absolute Gasteiger partial charge is 0.123 e. The van der Waals surface area contributed by atoms with Crippen LogP contribution in [0.15, 0.2) is 54.7 Å². The van der Waals surface area contributed by atoms with E-state index in [9.17, 15) is 9.50 Å². The van der Waals surface area contributed by atoms with Crippen molar-refractivity contribution in [2.75, 3.05) is 33.4 Å². The SMILES string of the molecule is COc1cccc(CN2CCN(Cc3cn[nH]c3-c3cccc(F)c3)CC2CCO)c1. The summed E-state index contributed by atoms with van der Waals surface area (Å²) in [7, 11) is 1.68. The summed E-state index contributed by atoms with van der Waals surface area (Å²) in [4.78, 5) is 4.82. The minimum atomic E-state index is -0.257. The molecule has 1 aliphatic heterocycles. The number of H-pyrrole nitrogens is 1. The van der Waals surface area contributed by atoms with Crippen LogP contribution in [0.1, 0.15) is 17.5 Å². The van der Waals surface area contributed by atoms with Crippen molar-refractivity contribution >= 4 is 0 Å². The van der Waals surface area contributed by atoms with Crippen LogP contribution >= 0.6 is 0 Å². The van der Waals surface area contributed by atoms with Crippen LogP contribution in [0.25, 0.3) is 11.3 Å². The summed E-state index contributed by atoms with van der Waals surface area (Å²) in [5, 5.41) is 16.9. The second-order valence-corrected chi connectivity index (χ2v) is 8.00. The minimum Gasteiger partial charge on any atom is -0.497 e. The Labute approximate surface area is 182 Å². The third-order valence-corrected chi connectivity index (χ3v) is 5.90. The van der Waals surface area contributed by atoms with Crippen LogP contribution in [0.2, 0.25) is 0 Å². The van der Waals surface area contributed by atoms with Gasteiger partial charge in [-0.15, -0.1) is 0 Å². The lowest BCUT2D eigenvalue weighted by molar-refractivity contribution is 0.0500. The molecule has 0 radical (unpaired) electrons. The predicted molar refractivity (Wildman–Crippen MR) is 118 cm³/mol. The maximum Gasteiger partial charge on any atom is 0.123 e. The lowest BCUT2D eigenvalue weighted by atomic mass is 10.0. The van der Waals surface area contributed by atoms with E-state index in [1.54, 1.807) is 13.2 Å². The topological polar surface area (TPSA) is 64.6 Å². The van der Waals surface area contributed by atoms with E-state index in [2.05, 4.69) is 32.1 Å². The Bertz CT molecular complexity index is 993. The Balaban J connectivity index is 1.44. The van der Waals surface area contributed by atoms with Crippen molar-refractivity contribution in [2.45, 2.75) is 25.6 Å². The summed E-state index contributed by atoms with van der Waals surface area (Å²) in [5.74, 6) is 0.604. The largest absolute Gasteiger partial charge is 0.497 e. The Morgan fingerprint density at radius 2 is 2.03 bits per heavy atom. The molecule has 2 N–H and O–H groups in total. The van der Waals surface area contributed by atoms with E-state index in [1.165, 1.54) is 17.7 Å². The first-order valence-electron chi connectivity index (χ1n) is 10.6. The molecule has 0 aliphatic carbocycles. The van der Waals surface area contributed by atoms with Gasteiger partial charge in [-0.25, -0.2) is 4.39 Å². The molecular weight excluding hydrogens is 395 g/mol. The number of ether oxygens (including phenoxy) is 1. The van der Waals surface area contributed by atoms with Crippen molar-refractivity contribution in [3.63, 3.8) is 0 Å². The number of aliphatic hydroxyl groups excluding tert-OH is 1. The number of hydrogen-bond acceptors (Lipinski definition) is 5. The number of aromatic nitrogens is 2. The molecule has 1 unspecified atom stereocenters. The van der Waals surface area contributed by atoms with Gasteiger partial charge in [-0.3, -0.25) is 14.9 Å². The van der Waals surface area contributed by atoms with Crippen LogP contribution in [0.3, 0.4) is 0 Å². The van der Waals surface area contributed by atoms with Crippen LogP contribution in [0.4, 0.5) is 4.39 Å². The molecular formula is C24H29FN4O2. The maximum absolute atomic E-state index is 13.7. The lowest BCUT2D eigenvalue weighted by Gasteiger charge is -2.41. The van der Waals surface area contributed by atoms with Gasteiger partial charge in [0.05, 0.1) is 19.0 Å². The van der Waals surface area contributed by atoms with Crippen LogP contribution in [0, 0.1) is 5.82 Å². The van der Waals surface area contributed by atoms with E-state index < -0.39 is 0 Å². The standard InChI is InChI=1S/C24H29FN4O2/c1-31-23-7-2-4-18(12-23)15-29-10-9-28(17-22(29)8-11-30)16-20-14-26-27-24(20)19-5-3-6-21(25)13-19/h2-7,12-14,22,30H,8-11,15-17H2,1H3,(H,26,27). The van der Waals surface area contributed by atoms with E-state index in [0.717, 1.165) is 61.7 Å². The fraction of sp³-hybridized carbons (Fsp3) is 0.375. The van der Waals surface area contributed by atoms with Gasteiger partial charge in [0.25, 0.3) is 0 Å². The van der Waals surface area contributed by atoms with Gasteiger partial charge in [0.15, 0.2) is 0 Å². The van der Waals surface area contributed by atoms with Gasteiger partial charge in [-0.2, -0.15) is 5.10 Å². The number of aromatic amines is 1. The molecule has 2 heterocycles. The normalized spacial score (nSPS) is 17.7. The number of benzene rings is 2. The molecule has 31 heavy (non-hydrogen) atoms. The third kappa shape index (κ3) is 5.31. The summed E-state index contributed by atoms with van der Waals surface area (Å²) in [6.45, 7) is 4.41. The van der Waals surface area contributed by atoms with E-state index in [1.807, 2.05) is 24.4 Å². The molecule has 1 aliphatic rings. The average Bonchev–Trinajstić information content (AvgIpc) is 3.24. The zero-order valence-electron chi connectivity index (χ0n) is 17.8. The van der Waals surface area contributed by atoms with E-state index in [4.69, 9.17) is 4.74 Å². The molecule has 1 fully saturated rings. The molecule has 0 saturated carbocycles. The van der Waals surface area contributed by atoms with Crippen LogP contribution in [0.5, 0.6) is 5.75 Å². The highest BCUT2D eigenvalue weighted by atomic mass is 19.1. The third-order valence-electron chi connectivity index (χ3n) is 5.90. The van der Waals surface area contributed by atoms with Gasteiger partial charge in [0.1, 0.15) is 11.6 Å². The van der Waals surface area contributed by atoms with Gasteiger partial charge >= 0.3 is 0 Å². The Hall–Kier alpha value is -2.74. The first kappa shape index (κ1) is 21.5. The summed E-state index contributed by atoms with van der Waals surface area (Å²) < 4.78 is 19.0. The molecule has 0 bridgehead atoms. The molecule has 2 aromatic carbocycles. The zero-order valence-corrected chi connectivity index (χ0v) is 17.8. The zero-order chi connectivity index (χ0) is 21.6. The van der Waals surface area contributed by atoms with Gasteiger partial charge in [-0.05, 0) is 36.2 Å². The minimum absolute atomic E-state index is 0.160. The molecule has 0 spiro atoms. The van der Waals surface area contributed by atoms with Gasteiger partial charge < -0.3 is 9.84 Å². The lowest BCUT2D eigenvalue weighted by Crippen LogP contribution is -2.52. The summed E-state index contributed by atoms with van der Waals surface area (Å²) in [5.41, 5.74) is 3.92. The highest BCUT2D eigenvalue weighted by Gasteiger charge is 2.27. The summed E-state index contributed by atoms with van der Waals surface area (Å²) >= 11 is 0. The molecule has 3 aromatic rings. The molecule has 1 saturated heterocycles. The summed E-state index contributed by atoms with van der Waals surface area (Å²) in [6.07, 6.45) is 2.55. The van der Waals surface area contributed by atoms with Gasteiger partial charge in [-0.1, -0.05) is 24.3 Å². The van der Waals surface area contributed by atoms with Crippen LogP contribution < -0.4 is 4.74 Å². The van der Waals surface area contributed by atoms with E-state index in [-0.39, 0.29) is 18.5 Å². The predicted octanol–water partition coefficient (Wildman–Crippen LogP) is 3.29. The number of halogens is 1. The first-order valence-corrected chi connectivity index (χ1v) is 10.6. The molecule has 4 rings (SSSR count). The fourth-order valence-corrected chi connectivity index (χ4v) is 4.30. The van der Waals surface area contributed by atoms with Crippen LogP contribution in [-0.2, 0) is 13.1 Å². The van der Waals surface area contributed by atoms with Crippen LogP contribution in [-0.4, -0.2) is 64.5 Å². The quantitative estimate of drug-likeness (QED) is 0.581. The molecule has 1 atom stereocenters. The molecule has 0 amide bonds.